The molecular formula is C21H27BrN4O2S. The lowest BCUT2D eigenvalue weighted by Gasteiger charge is -2.34. The summed E-state index contributed by atoms with van der Waals surface area (Å²) >= 11 is 4.77. The van der Waals surface area contributed by atoms with Crippen molar-refractivity contribution in [3.8, 4) is 0 Å². The van der Waals surface area contributed by atoms with E-state index < -0.39 is 0 Å². The number of hydrogen-bond donors (Lipinski definition) is 0. The summed E-state index contributed by atoms with van der Waals surface area (Å²) in [5.41, 5.74) is 2.44. The molecule has 6 nitrogen and oxygen atoms in total. The molecule has 0 saturated carbocycles. The summed E-state index contributed by atoms with van der Waals surface area (Å²) in [6, 6.07) is 7.95. The molecule has 1 fully saturated rings. The Morgan fingerprint density at radius 1 is 1.17 bits per heavy atom. The van der Waals surface area contributed by atoms with Gasteiger partial charge in [0.2, 0.25) is 5.91 Å². The number of thioether (sulfide) groups is 1. The van der Waals surface area contributed by atoms with Crippen molar-refractivity contribution in [1.29, 1.82) is 0 Å². The van der Waals surface area contributed by atoms with Gasteiger partial charge in [0.1, 0.15) is 0 Å². The van der Waals surface area contributed by atoms with Gasteiger partial charge in [0, 0.05) is 55.4 Å². The lowest BCUT2D eigenvalue weighted by atomic mass is 10.1. The Morgan fingerprint density at radius 2 is 1.83 bits per heavy atom. The van der Waals surface area contributed by atoms with Crippen molar-refractivity contribution < 1.29 is 4.79 Å². The van der Waals surface area contributed by atoms with Crippen molar-refractivity contribution in [3.63, 3.8) is 0 Å². The van der Waals surface area contributed by atoms with Crippen LogP contribution in [0, 0.1) is 6.92 Å². The van der Waals surface area contributed by atoms with E-state index >= 15 is 0 Å². The molecule has 2 heterocycles. The number of aromatic nitrogens is 2. The molecule has 29 heavy (non-hydrogen) atoms. The Bertz CT molecular complexity index is 922. The van der Waals surface area contributed by atoms with Gasteiger partial charge in [-0.1, -0.05) is 46.7 Å². The molecule has 3 rings (SSSR count). The third-order valence-electron chi connectivity index (χ3n) is 5.34. The minimum Gasteiger partial charge on any atom is -0.339 e. The van der Waals surface area contributed by atoms with Gasteiger partial charge >= 0.3 is 0 Å². The third kappa shape index (κ3) is 5.49. The van der Waals surface area contributed by atoms with E-state index in [4.69, 9.17) is 0 Å². The third-order valence-corrected chi connectivity index (χ3v) is 6.88. The SMILES string of the molecule is CCN1CCN(C(=O)CSc2nc(C)c(Cc3ccc(Br)cc3)c(=O)n2C)CC1. The first-order valence-corrected chi connectivity index (χ1v) is 11.6. The summed E-state index contributed by atoms with van der Waals surface area (Å²) < 4.78 is 2.57. The standard InChI is InChI=1S/C21H27BrN4O2S/c1-4-25-9-11-26(12-10-25)19(27)14-29-21-23-15(2)18(20(28)24(21)3)13-16-5-7-17(22)8-6-16/h5-8H,4,9-14H2,1-3H3. The van der Waals surface area contributed by atoms with Crippen LogP contribution in [0.2, 0.25) is 0 Å². The number of nitrogens with zero attached hydrogens (tertiary/aromatic N) is 4. The molecule has 1 aliphatic heterocycles. The van der Waals surface area contributed by atoms with E-state index in [1.54, 1.807) is 11.6 Å². The monoisotopic (exact) mass is 478 g/mol. The zero-order chi connectivity index (χ0) is 21.0. The van der Waals surface area contributed by atoms with E-state index in [0.717, 1.165) is 48.5 Å². The van der Waals surface area contributed by atoms with Crippen molar-refractivity contribution in [2.45, 2.75) is 25.4 Å². The zero-order valence-corrected chi connectivity index (χ0v) is 19.6. The topological polar surface area (TPSA) is 58.4 Å². The second-order valence-corrected chi connectivity index (χ2v) is 9.09. The quantitative estimate of drug-likeness (QED) is 0.471. The average molecular weight is 479 g/mol. The van der Waals surface area contributed by atoms with E-state index in [-0.39, 0.29) is 11.5 Å². The number of hydrogen-bond acceptors (Lipinski definition) is 5. The fourth-order valence-corrected chi connectivity index (χ4v) is 4.58. The number of amides is 1. The molecule has 0 atom stereocenters. The first-order chi connectivity index (χ1) is 13.9. The second kappa shape index (κ2) is 9.91. The lowest BCUT2D eigenvalue weighted by molar-refractivity contribution is -0.130. The number of benzene rings is 1. The first kappa shape index (κ1) is 22.1. The molecule has 0 spiro atoms. The summed E-state index contributed by atoms with van der Waals surface area (Å²) in [4.78, 5) is 34.3. The zero-order valence-electron chi connectivity index (χ0n) is 17.2. The van der Waals surface area contributed by atoms with Crippen molar-refractivity contribution >= 4 is 33.6 Å². The van der Waals surface area contributed by atoms with E-state index in [2.05, 4.69) is 32.7 Å². The molecule has 2 aromatic rings. The molecule has 1 saturated heterocycles. The Hall–Kier alpha value is -1.64. The molecule has 156 valence electrons. The Morgan fingerprint density at radius 3 is 2.45 bits per heavy atom. The van der Waals surface area contributed by atoms with Crippen LogP contribution in [0.25, 0.3) is 0 Å². The smallest absolute Gasteiger partial charge is 0.257 e. The fourth-order valence-electron chi connectivity index (χ4n) is 3.40. The molecular weight excluding hydrogens is 452 g/mol. The van der Waals surface area contributed by atoms with Crippen molar-refractivity contribution in [1.82, 2.24) is 19.4 Å². The van der Waals surface area contributed by atoms with Crippen LogP contribution < -0.4 is 5.56 Å². The maximum absolute atomic E-state index is 12.9. The number of piperazine rings is 1. The van der Waals surface area contributed by atoms with Gasteiger partial charge < -0.3 is 9.80 Å². The van der Waals surface area contributed by atoms with Crippen molar-refractivity contribution in [3.05, 3.63) is 55.9 Å². The molecule has 1 aromatic heterocycles. The molecule has 8 heteroatoms. The Balaban J connectivity index is 1.67. The van der Waals surface area contributed by atoms with Gasteiger partial charge in [-0.3, -0.25) is 14.2 Å². The van der Waals surface area contributed by atoms with Crippen LogP contribution in [0.3, 0.4) is 0 Å². The van der Waals surface area contributed by atoms with Gasteiger partial charge in [0.25, 0.3) is 5.56 Å². The van der Waals surface area contributed by atoms with Crippen LogP contribution in [-0.2, 0) is 18.3 Å². The van der Waals surface area contributed by atoms with E-state index in [1.807, 2.05) is 36.1 Å². The number of carbonyl (C=O) groups is 1. The number of rotatable bonds is 6. The van der Waals surface area contributed by atoms with Crippen LogP contribution in [0.1, 0.15) is 23.7 Å². The predicted octanol–water partition coefficient (Wildman–Crippen LogP) is 2.70. The largest absolute Gasteiger partial charge is 0.339 e. The highest BCUT2D eigenvalue weighted by molar-refractivity contribution is 9.10. The van der Waals surface area contributed by atoms with E-state index in [0.29, 0.717) is 22.9 Å². The minimum absolute atomic E-state index is 0.0491. The number of aryl methyl sites for hydroxylation is 1. The number of carbonyl (C=O) groups excluding carboxylic acids is 1. The highest BCUT2D eigenvalue weighted by atomic mass is 79.9. The highest BCUT2D eigenvalue weighted by Crippen LogP contribution is 2.18. The van der Waals surface area contributed by atoms with Gasteiger partial charge in [0.15, 0.2) is 5.16 Å². The van der Waals surface area contributed by atoms with Crippen molar-refractivity contribution in [2.75, 3.05) is 38.5 Å². The van der Waals surface area contributed by atoms with Crippen LogP contribution in [0.15, 0.2) is 38.7 Å². The van der Waals surface area contributed by atoms with Gasteiger partial charge in [-0.25, -0.2) is 4.98 Å². The molecule has 1 aromatic carbocycles. The van der Waals surface area contributed by atoms with Gasteiger partial charge in [-0.2, -0.15) is 0 Å². The average Bonchev–Trinajstić information content (AvgIpc) is 2.74. The molecule has 0 radical (unpaired) electrons. The van der Waals surface area contributed by atoms with E-state index in [1.165, 1.54) is 11.8 Å². The highest BCUT2D eigenvalue weighted by Gasteiger charge is 2.21. The van der Waals surface area contributed by atoms with E-state index in [9.17, 15) is 9.59 Å². The summed E-state index contributed by atoms with van der Waals surface area (Å²) in [7, 11) is 1.73. The number of likely N-dealkylation sites (N-methyl/N-ethyl adjacent to an activating group) is 1. The molecule has 0 unspecified atom stereocenters. The molecule has 0 bridgehead atoms. The maximum atomic E-state index is 12.9. The van der Waals surface area contributed by atoms with Crippen molar-refractivity contribution in [2.24, 2.45) is 7.05 Å². The summed E-state index contributed by atoms with van der Waals surface area (Å²) in [5, 5.41) is 0.590. The summed E-state index contributed by atoms with van der Waals surface area (Å²) in [6.07, 6.45) is 0.546. The molecule has 1 aliphatic rings. The van der Waals surface area contributed by atoms with Gasteiger partial charge in [0.05, 0.1) is 5.75 Å². The first-order valence-electron chi connectivity index (χ1n) is 9.83. The second-order valence-electron chi connectivity index (χ2n) is 7.23. The normalized spacial score (nSPS) is 15.0. The molecule has 0 aliphatic carbocycles. The Labute approximate surface area is 184 Å². The van der Waals surface area contributed by atoms with Crippen LogP contribution in [-0.4, -0.2) is 63.7 Å². The predicted molar refractivity (Wildman–Crippen MR) is 121 cm³/mol. The lowest BCUT2D eigenvalue weighted by Crippen LogP contribution is -2.49. The fraction of sp³-hybridized carbons (Fsp3) is 0.476. The molecule has 1 amide bonds. The summed E-state index contributed by atoms with van der Waals surface area (Å²) in [5.74, 6) is 0.411. The van der Waals surface area contributed by atoms with Crippen LogP contribution in [0.4, 0.5) is 0 Å². The van der Waals surface area contributed by atoms with Crippen LogP contribution in [0.5, 0.6) is 0 Å². The molecule has 0 N–H and O–H groups in total. The Kier molecular flexibility index (Phi) is 7.54. The van der Waals surface area contributed by atoms with Gasteiger partial charge in [-0.05, 0) is 31.2 Å². The number of halogens is 1. The minimum atomic E-state index is -0.0491. The van der Waals surface area contributed by atoms with Crippen LogP contribution >= 0.6 is 27.7 Å². The maximum Gasteiger partial charge on any atom is 0.257 e. The summed E-state index contributed by atoms with van der Waals surface area (Å²) in [6.45, 7) is 8.42. The van der Waals surface area contributed by atoms with Gasteiger partial charge in [-0.15, -0.1) is 0 Å².